The molecule has 0 aliphatic heterocycles. The van der Waals surface area contributed by atoms with Gasteiger partial charge in [-0.3, -0.25) is 4.79 Å². The molecule has 5 aromatic rings. The number of carbonyl (C=O) groups is 1. The summed E-state index contributed by atoms with van der Waals surface area (Å²) < 4.78 is 5.62. The Morgan fingerprint density at radius 1 is 1.00 bits per heavy atom. The number of thiophene rings is 1. The molecule has 0 fully saturated rings. The molecule has 3 aromatic carbocycles. The number of aryl methyl sites for hydroxylation is 1. The van der Waals surface area contributed by atoms with Crippen LogP contribution in [0.3, 0.4) is 0 Å². The van der Waals surface area contributed by atoms with Crippen molar-refractivity contribution >= 4 is 33.8 Å². The van der Waals surface area contributed by atoms with Crippen LogP contribution < -0.4 is 9.64 Å². The average molecular weight is 511 g/mol. The van der Waals surface area contributed by atoms with Crippen molar-refractivity contribution < 1.29 is 19.7 Å². The first-order valence-corrected chi connectivity index (χ1v) is 12.9. The van der Waals surface area contributed by atoms with Gasteiger partial charge in [0.05, 0.1) is 29.9 Å². The fourth-order valence-corrected chi connectivity index (χ4v) is 4.96. The van der Waals surface area contributed by atoms with Crippen molar-refractivity contribution in [2.24, 2.45) is 0 Å². The van der Waals surface area contributed by atoms with Crippen molar-refractivity contribution in [2.45, 2.75) is 20.4 Å². The molecule has 7 heteroatoms. The fourth-order valence-electron chi connectivity index (χ4n) is 4.30. The number of anilines is 1. The quantitative estimate of drug-likeness (QED) is 0.248. The number of aromatic hydroxyl groups is 2. The Labute approximate surface area is 219 Å². The van der Waals surface area contributed by atoms with Gasteiger partial charge in [-0.15, -0.1) is 0 Å². The molecule has 2 heterocycles. The zero-order valence-electron chi connectivity index (χ0n) is 20.5. The van der Waals surface area contributed by atoms with Crippen LogP contribution in [0.4, 0.5) is 5.69 Å². The lowest BCUT2D eigenvalue weighted by atomic mass is 10.0. The Morgan fingerprint density at radius 3 is 2.51 bits per heavy atom. The van der Waals surface area contributed by atoms with E-state index in [1.807, 2.05) is 73.1 Å². The van der Waals surface area contributed by atoms with E-state index in [1.54, 1.807) is 16.2 Å². The van der Waals surface area contributed by atoms with Crippen LogP contribution in [0.5, 0.6) is 17.2 Å². The van der Waals surface area contributed by atoms with E-state index in [-0.39, 0.29) is 23.0 Å². The van der Waals surface area contributed by atoms with Crippen molar-refractivity contribution in [1.82, 2.24) is 4.98 Å². The summed E-state index contributed by atoms with van der Waals surface area (Å²) in [4.78, 5) is 20.0. The van der Waals surface area contributed by atoms with Gasteiger partial charge in [0.15, 0.2) is 0 Å². The van der Waals surface area contributed by atoms with Gasteiger partial charge < -0.3 is 19.8 Å². The van der Waals surface area contributed by atoms with Crippen molar-refractivity contribution in [1.29, 1.82) is 0 Å². The van der Waals surface area contributed by atoms with Crippen molar-refractivity contribution in [3.8, 4) is 28.5 Å². The van der Waals surface area contributed by atoms with Gasteiger partial charge in [0.2, 0.25) is 0 Å². The summed E-state index contributed by atoms with van der Waals surface area (Å²) in [6, 6.07) is 21.6. The molecular formula is C30H26N2O4S. The van der Waals surface area contributed by atoms with E-state index in [0.717, 1.165) is 39.0 Å². The van der Waals surface area contributed by atoms with Gasteiger partial charge in [-0.25, -0.2) is 4.98 Å². The Kier molecular flexibility index (Phi) is 6.79. The number of benzene rings is 3. The Bertz CT molecular complexity index is 1560. The highest BCUT2D eigenvalue weighted by Crippen LogP contribution is 2.31. The second-order valence-electron chi connectivity index (χ2n) is 8.71. The van der Waals surface area contributed by atoms with Gasteiger partial charge in [-0.2, -0.15) is 11.3 Å². The number of nitrogens with zero attached hydrogens (tertiary/aromatic N) is 2. The Morgan fingerprint density at radius 2 is 1.81 bits per heavy atom. The summed E-state index contributed by atoms with van der Waals surface area (Å²) in [5.74, 6) is 0.0977. The van der Waals surface area contributed by atoms with Gasteiger partial charge in [0.1, 0.15) is 17.2 Å². The molecule has 0 atom stereocenters. The third kappa shape index (κ3) is 5.13. The highest BCUT2D eigenvalue weighted by molar-refractivity contribution is 7.07. The third-order valence-corrected chi connectivity index (χ3v) is 6.85. The zero-order chi connectivity index (χ0) is 25.9. The minimum atomic E-state index is -0.360. The van der Waals surface area contributed by atoms with Crippen LogP contribution >= 0.6 is 11.3 Å². The largest absolute Gasteiger partial charge is 0.508 e. The normalized spacial score (nSPS) is 11.0. The van der Waals surface area contributed by atoms with Crippen molar-refractivity contribution in [2.75, 3.05) is 11.5 Å². The SMILES string of the molecule is CCOc1ccc2nc(-c3ccc(N(Cc4ccsc4)C(=O)c4ccc(O)cc4O)cc3)c(C)cc2c1. The summed E-state index contributed by atoms with van der Waals surface area (Å²) in [5.41, 5.74) is 5.52. The minimum Gasteiger partial charge on any atom is -0.508 e. The first-order valence-electron chi connectivity index (χ1n) is 11.9. The van der Waals surface area contributed by atoms with Crippen LogP contribution in [-0.4, -0.2) is 27.7 Å². The Hall–Kier alpha value is -4.36. The molecule has 0 unspecified atom stereocenters. The summed E-state index contributed by atoms with van der Waals surface area (Å²) in [6.45, 7) is 4.95. The molecule has 2 N–H and O–H groups in total. The smallest absolute Gasteiger partial charge is 0.262 e. The predicted molar refractivity (Wildman–Crippen MR) is 148 cm³/mol. The number of phenols is 2. The molecule has 0 spiro atoms. The van der Waals surface area contributed by atoms with Gasteiger partial charge in [0.25, 0.3) is 5.91 Å². The first-order chi connectivity index (χ1) is 17.9. The van der Waals surface area contributed by atoms with Gasteiger partial charge in [-0.1, -0.05) is 12.1 Å². The number of ether oxygens (including phenoxy) is 1. The topological polar surface area (TPSA) is 82.9 Å². The van der Waals surface area contributed by atoms with Gasteiger partial charge >= 0.3 is 0 Å². The van der Waals surface area contributed by atoms with Crippen LogP contribution in [0.1, 0.15) is 28.4 Å². The van der Waals surface area contributed by atoms with E-state index in [9.17, 15) is 15.0 Å². The number of aromatic nitrogens is 1. The number of pyridine rings is 1. The van der Waals surface area contributed by atoms with E-state index in [0.29, 0.717) is 18.8 Å². The van der Waals surface area contributed by atoms with Gasteiger partial charge in [0, 0.05) is 22.7 Å². The molecule has 0 saturated carbocycles. The second kappa shape index (κ2) is 10.3. The van der Waals surface area contributed by atoms with Crippen molar-refractivity contribution in [3.05, 3.63) is 100 Å². The van der Waals surface area contributed by atoms with Crippen LogP contribution in [0.15, 0.2) is 83.6 Å². The zero-order valence-corrected chi connectivity index (χ0v) is 21.3. The van der Waals surface area contributed by atoms with E-state index >= 15 is 0 Å². The maximum Gasteiger partial charge on any atom is 0.262 e. The fraction of sp³-hybridized carbons (Fsp3) is 0.133. The number of carbonyl (C=O) groups excluding carboxylic acids is 1. The number of hydrogen-bond donors (Lipinski definition) is 2. The van der Waals surface area contributed by atoms with E-state index in [2.05, 4.69) is 6.07 Å². The maximum atomic E-state index is 13.5. The highest BCUT2D eigenvalue weighted by atomic mass is 32.1. The summed E-state index contributed by atoms with van der Waals surface area (Å²) >= 11 is 1.56. The highest BCUT2D eigenvalue weighted by Gasteiger charge is 2.22. The maximum absolute atomic E-state index is 13.5. The molecule has 0 radical (unpaired) electrons. The van der Waals surface area contributed by atoms with E-state index in [4.69, 9.17) is 9.72 Å². The van der Waals surface area contributed by atoms with Gasteiger partial charge in [-0.05, 0) is 90.3 Å². The average Bonchev–Trinajstić information content (AvgIpc) is 3.40. The Balaban J connectivity index is 1.49. The molecule has 5 rings (SSSR count). The number of hydrogen-bond acceptors (Lipinski definition) is 6. The summed E-state index contributed by atoms with van der Waals surface area (Å²) in [6.07, 6.45) is 0. The molecule has 0 bridgehead atoms. The van der Waals surface area contributed by atoms with Crippen LogP contribution in [0.2, 0.25) is 0 Å². The van der Waals surface area contributed by atoms with E-state index < -0.39 is 0 Å². The monoisotopic (exact) mass is 510 g/mol. The van der Waals surface area contributed by atoms with Crippen molar-refractivity contribution in [3.63, 3.8) is 0 Å². The van der Waals surface area contributed by atoms with Crippen LogP contribution in [0.25, 0.3) is 22.2 Å². The lowest BCUT2D eigenvalue weighted by Gasteiger charge is -2.23. The lowest BCUT2D eigenvalue weighted by molar-refractivity contribution is 0.0982. The number of amides is 1. The minimum absolute atomic E-state index is 0.102. The molecule has 0 aliphatic carbocycles. The van der Waals surface area contributed by atoms with E-state index in [1.165, 1.54) is 18.2 Å². The molecule has 186 valence electrons. The number of fused-ring (bicyclic) bond motifs is 1. The predicted octanol–water partition coefficient (Wildman–Crippen LogP) is 6.93. The van der Waals surface area contributed by atoms with Crippen LogP contribution in [-0.2, 0) is 6.54 Å². The summed E-state index contributed by atoms with van der Waals surface area (Å²) in [5, 5.41) is 24.9. The molecule has 6 nitrogen and oxygen atoms in total. The third-order valence-electron chi connectivity index (χ3n) is 6.12. The summed E-state index contributed by atoms with van der Waals surface area (Å²) in [7, 11) is 0. The molecule has 1 amide bonds. The molecular weight excluding hydrogens is 484 g/mol. The van der Waals surface area contributed by atoms with Crippen LogP contribution in [0, 0.1) is 6.92 Å². The standard InChI is InChI=1S/C30H26N2O4S/c1-3-36-25-9-11-27-22(15-25)14-19(2)29(31-27)21-4-6-23(7-5-21)32(17-20-12-13-37-18-20)30(35)26-10-8-24(33)16-28(26)34/h4-16,18,33-34H,3,17H2,1-2H3. The first kappa shape index (κ1) is 24.3. The second-order valence-corrected chi connectivity index (χ2v) is 9.49. The molecule has 0 aliphatic rings. The number of rotatable bonds is 7. The number of phenolic OH excluding ortho intramolecular Hbond substituents is 2. The molecule has 0 saturated heterocycles. The molecule has 2 aromatic heterocycles. The molecule has 37 heavy (non-hydrogen) atoms. The lowest BCUT2D eigenvalue weighted by Crippen LogP contribution is -2.30.